The lowest BCUT2D eigenvalue weighted by Crippen LogP contribution is -2.48. The van der Waals surface area contributed by atoms with Crippen LogP contribution in [-0.2, 0) is 0 Å². The number of fused-ring (bicyclic) bond motifs is 1. The zero-order valence-electron chi connectivity index (χ0n) is 12.2. The van der Waals surface area contributed by atoms with Gasteiger partial charge in [0.2, 0.25) is 0 Å². The van der Waals surface area contributed by atoms with E-state index in [1.54, 1.807) is 0 Å². The number of nitrogens with zero attached hydrogens (tertiary/aromatic N) is 1. The molecule has 0 fully saturated rings. The average molecular weight is 262 g/mol. The van der Waals surface area contributed by atoms with Crippen molar-refractivity contribution in [1.29, 1.82) is 0 Å². The molecular weight excluding hydrogens is 240 g/mol. The molecule has 2 rings (SSSR count). The van der Waals surface area contributed by atoms with Gasteiger partial charge in [0, 0.05) is 5.54 Å². The second-order valence-electron chi connectivity index (χ2n) is 5.72. The Morgan fingerprint density at radius 1 is 1.21 bits per heavy atom. The summed E-state index contributed by atoms with van der Waals surface area (Å²) < 4.78 is 0. The molecule has 1 heterocycles. The second-order valence-corrected chi connectivity index (χ2v) is 5.72. The molecule has 1 atom stereocenters. The maximum absolute atomic E-state index is 11.3. The van der Waals surface area contributed by atoms with E-state index < -0.39 is 0 Å². The van der Waals surface area contributed by atoms with Crippen LogP contribution >= 0.6 is 0 Å². The van der Waals surface area contributed by atoms with Gasteiger partial charge in [-0.3, -0.25) is 0 Å². The molecule has 5 heteroatoms. The van der Waals surface area contributed by atoms with Gasteiger partial charge < -0.3 is 20.2 Å². The third kappa shape index (κ3) is 2.57. The van der Waals surface area contributed by atoms with Crippen molar-refractivity contribution < 1.29 is 0 Å². The minimum Gasteiger partial charge on any atom is -0.313 e. The highest BCUT2D eigenvalue weighted by Gasteiger charge is 2.31. The lowest BCUT2D eigenvalue weighted by molar-refractivity contribution is 0.177. The summed E-state index contributed by atoms with van der Waals surface area (Å²) in [6.07, 6.45) is 0. The zero-order valence-corrected chi connectivity index (χ0v) is 12.2. The highest BCUT2D eigenvalue weighted by Crippen LogP contribution is 2.30. The number of hydrogen-bond acceptors (Lipinski definition) is 3. The molecule has 0 aliphatic heterocycles. The quantitative estimate of drug-likeness (QED) is 0.781. The third-order valence-corrected chi connectivity index (χ3v) is 3.70. The first-order valence-corrected chi connectivity index (χ1v) is 6.42. The molecule has 1 unspecified atom stereocenters. The van der Waals surface area contributed by atoms with Crippen molar-refractivity contribution in [3.8, 4) is 0 Å². The molecule has 0 saturated heterocycles. The highest BCUT2D eigenvalue weighted by molar-refractivity contribution is 5.75. The molecule has 0 radical (unpaired) electrons. The monoisotopic (exact) mass is 262 g/mol. The van der Waals surface area contributed by atoms with E-state index in [1.807, 2.05) is 19.2 Å². The Bertz CT molecular complexity index is 624. The van der Waals surface area contributed by atoms with E-state index in [-0.39, 0.29) is 17.3 Å². The fourth-order valence-corrected chi connectivity index (χ4v) is 2.72. The largest absolute Gasteiger partial charge is 0.323 e. The Labute approximate surface area is 113 Å². The second kappa shape index (κ2) is 4.83. The normalized spacial score (nSPS) is 14.2. The molecule has 1 aromatic carbocycles. The number of imidazole rings is 1. The molecule has 0 amide bonds. The first kappa shape index (κ1) is 13.8. The Kier molecular flexibility index (Phi) is 3.52. The molecule has 104 valence electrons. The maximum Gasteiger partial charge on any atom is 0.323 e. The molecule has 19 heavy (non-hydrogen) atoms. The van der Waals surface area contributed by atoms with E-state index >= 15 is 0 Å². The van der Waals surface area contributed by atoms with Crippen molar-refractivity contribution in [2.75, 3.05) is 21.1 Å². The van der Waals surface area contributed by atoms with Crippen LogP contribution in [0.3, 0.4) is 0 Å². The predicted molar refractivity (Wildman–Crippen MR) is 78.5 cm³/mol. The van der Waals surface area contributed by atoms with Gasteiger partial charge >= 0.3 is 5.69 Å². The van der Waals surface area contributed by atoms with Gasteiger partial charge in [-0.2, -0.15) is 0 Å². The number of nitrogens with one attached hydrogen (secondary N) is 3. The van der Waals surface area contributed by atoms with Crippen LogP contribution in [0.15, 0.2) is 23.0 Å². The summed E-state index contributed by atoms with van der Waals surface area (Å²) in [4.78, 5) is 19.1. The Hall–Kier alpha value is -1.59. The Balaban J connectivity index is 2.53. The Morgan fingerprint density at radius 3 is 2.42 bits per heavy atom. The van der Waals surface area contributed by atoms with Crippen molar-refractivity contribution in [1.82, 2.24) is 20.2 Å². The maximum atomic E-state index is 11.3. The number of benzene rings is 1. The molecule has 0 spiro atoms. The van der Waals surface area contributed by atoms with Gasteiger partial charge in [0.1, 0.15) is 0 Å². The van der Waals surface area contributed by atoms with Crippen LogP contribution in [0.4, 0.5) is 0 Å². The molecule has 0 aliphatic rings. The third-order valence-electron chi connectivity index (χ3n) is 3.70. The fraction of sp³-hybridized carbons (Fsp3) is 0.500. The summed E-state index contributed by atoms with van der Waals surface area (Å²) in [5.74, 6) is 0. The minimum atomic E-state index is -0.165. The van der Waals surface area contributed by atoms with Crippen LogP contribution in [0.5, 0.6) is 0 Å². The van der Waals surface area contributed by atoms with E-state index in [9.17, 15) is 4.79 Å². The van der Waals surface area contributed by atoms with Gasteiger partial charge in [-0.25, -0.2) is 4.79 Å². The van der Waals surface area contributed by atoms with Crippen LogP contribution in [-0.4, -0.2) is 41.5 Å². The zero-order chi connectivity index (χ0) is 14.2. The van der Waals surface area contributed by atoms with Gasteiger partial charge in [0.15, 0.2) is 0 Å². The van der Waals surface area contributed by atoms with Crippen molar-refractivity contribution in [2.45, 2.75) is 25.4 Å². The first-order chi connectivity index (χ1) is 8.85. The van der Waals surface area contributed by atoms with Crippen LogP contribution in [0, 0.1) is 0 Å². The van der Waals surface area contributed by atoms with Crippen LogP contribution in [0.1, 0.15) is 25.5 Å². The number of H-pyrrole nitrogens is 2. The first-order valence-electron chi connectivity index (χ1n) is 6.42. The summed E-state index contributed by atoms with van der Waals surface area (Å²) in [5.41, 5.74) is 2.62. The van der Waals surface area contributed by atoms with E-state index in [0.29, 0.717) is 0 Å². The summed E-state index contributed by atoms with van der Waals surface area (Å²) in [6, 6.07) is 6.26. The number of likely N-dealkylation sites (N-methyl/N-ethyl adjacent to an activating group) is 2. The Morgan fingerprint density at radius 2 is 1.84 bits per heavy atom. The van der Waals surface area contributed by atoms with E-state index in [4.69, 9.17) is 0 Å². The van der Waals surface area contributed by atoms with Crippen LogP contribution in [0.2, 0.25) is 0 Å². The highest BCUT2D eigenvalue weighted by atomic mass is 16.1. The SMILES string of the molecule is CNC(C)(C)C(c1ccc2[nH]c(=O)[nH]c2c1)N(C)C. The summed E-state index contributed by atoms with van der Waals surface area (Å²) >= 11 is 0. The van der Waals surface area contributed by atoms with Gasteiger partial charge in [-0.15, -0.1) is 0 Å². The number of rotatable bonds is 4. The van der Waals surface area contributed by atoms with Crippen molar-refractivity contribution in [2.24, 2.45) is 0 Å². The van der Waals surface area contributed by atoms with Gasteiger partial charge in [0.05, 0.1) is 17.1 Å². The number of aromatic amines is 2. The molecular formula is C14H22N4O. The topological polar surface area (TPSA) is 63.9 Å². The standard InChI is InChI=1S/C14H22N4O/c1-14(2,15-3)12(18(4)5)9-6-7-10-11(8-9)17-13(19)16-10/h6-8,12,15H,1-5H3,(H2,16,17,19). The molecule has 5 nitrogen and oxygen atoms in total. The molecule has 0 bridgehead atoms. The van der Waals surface area contributed by atoms with Crippen LogP contribution < -0.4 is 11.0 Å². The van der Waals surface area contributed by atoms with E-state index in [2.05, 4.69) is 54.2 Å². The molecule has 1 aromatic heterocycles. The predicted octanol–water partition coefficient (Wildman–Crippen LogP) is 1.46. The molecule has 0 aliphatic carbocycles. The van der Waals surface area contributed by atoms with Gasteiger partial charge in [-0.1, -0.05) is 6.07 Å². The molecule has 2 aromatic rings. The molecule has 0 saturated carbocycles. The van der Waals surface area contributed by atoms with E-state index in [1.165, 1.54) is 5.56 Å². The average Bonchev–Trinajstić information content (AvgIpc) is 2.67. The number of aromatic nitrogens is 2. The lowest BCUT2D eigenvalue weighted by atomic mass is 9.87. The smallest absolute Gasteiger partial charge is 0.313 e. The molecule has 3 N–H and O–H groups in total. The fourth-order valence-electron chi connectivity index (χ4n) is 2.72. The number of hydrogen-bond donors (Lipinski definition) is 3. The summed E-state index contributed by atoms with van der Waals surface area (Å²) in [5, 5.41) is 3.35. The summed E-state index contributed by atoms with van der Waals surface area (Å²) in [6.45, 7) is 4.34. The lowest BCUT2D eigenvalue weighted by Gasteiger charge is -2.39. The van der Waals surface area contributed by atoms with Gasteiger partial charge in [-0.05, 0) is 52.7 Å². The van der Waals surface area contributed by atoms with Crippen LogP contribution in [0.25, 0.3) is 11.0 Å². The van der Waals surface area contributed by atoms with Gasteiger partial charge in [0.25, 0.3) is 0 Å². The van der Waals surface area contributed by atoms with Crippen molar-refractivity contribution in [3.63, 3.8) is 0 Å². The van der Waals surface area contributed by atoms with E-state index in [0.717, 1.165) is 11.0 Å². The van der Waals surface area contributed by atoms with Crippen molar-refractivity contribution in [3.05, 3.63) is 34.2 Å². The van der Waals surface area contributed by atoms with Crippen molar-refractivity contribution >= 4 is 11.0 Å². The summed E-state index contributed by atoms with van der Waals surface area (Å²) in [7, 11) is 6.09. The minimum absolute atomic E-state index is 0.0756.